The van der Waals surface area contributed by atoms with E-state index in [0.717, 1.165) is 33.3 Å². The molecule has 2 N–H and O–H groups in total. The summed E-state index contributed by atoms with van der Waals surface area (Å²) in [7, 11) is 0. The van der Waals surface area contributed by atoms with Crippen molar-refractivity contribution in [3.05, 3.63) is 106 Å². The first-order chi connectivity index (χ1) is 15.1. The van der Waals surface area contributed by atoms with Gasteiger partial charge in [0.1, 0.15) is 5.82 Å². The lowest BCUT2D eigenvalue weighted by molar-refractivity contribution is 0.179. The Morgan fingerprint density at radius 3 is 2.65 bits per heavy atom. The van der Waals surface area contributed by atoms with Gasteiger partial charge in [0, 0.05) is 34.7 Å². The molecule has 0 saturated heterocycles. The van der Waals surface area contributed by atoms with Crippen molar-refractivity contribution in [1.29, 1.82) is 0 Å². The molecule has 0 radical (unpaired) electrons. The minimum absolute atomic E-state index is 0.152. The summed E-state index contributed by atoms with van der Waals surface area (Å²) >= 11 is 6.24. The minimum Gasteiger partial charge on any atom is -0.356 e. The van der Waals surface area contributed by atoms with Crippen molar-refractivity contribution in [1.82, 2.24) is 15.2 Å². The molecular formula is C25H21ClFN3O. The molecule has 2 heterocycles. The SMILES string of the molecule is O=C(NCc1ccccc1)N1CCc2c([nH]c3ccc(Cl)cc23)[C@@H]1c1ccc(F)cc1. The highest BCUT2D eigenvalue weighted by molar-refractivity contribution is 6.31. The number of hydrogen-bond acceptors (Lipinski definition) is 1. The monoisotopic (exact) mass is 433 g/mol. The Morgan fingerprint density at radius 2 is 1.87 bits per heavy atom. The molecule has 156 valence electrons. The topological polar surface area (TPSA) is 48.1 Å². The lowest BCUT2D eigenvalue weighted by Crippen LogP contribution is -2.45. The largest absolute Gasteiger partial charge is 0.356 e. The summed E-state index contributed by atoms with van der Waals surface area (Å²) in [4.78, 5) is 18.5. The zero-order chi connectivity index (χ0) is 21.4. The number of urea groups is 1. The number of carbonyl (C=O) groups is 1. The predicted molar refractivity (Wildman–Crippen MR) is 121 cm³/mol. The first-order valence-electron chi connectivity index (χ1n) is 10.2. The minimum atomic E-state index is -0.341. The molecule has 0 bridgehead atoms. The third-order valence-corrected chi connectivity index (χ3v) is 6.06. The van der Waals surface area contributed by atoms with Gasteiger partial charge in [-0.2, -0.15) is 0 Å². The van der Waals surface area contributed by atoms with E-state index < -0.39 is 0 Å². The molecule has 0 spiro atoms. The first-order valence-corrected chi connectivity index (χ1v) is 10.6. The van der Waals surface area contributed by atoms with E-state index in [-0.39, 0.29) is 17.9 Å². The van der Waals surface area contributed by atoms with Crippen LogP contribution in [0, 0.1) is 5.82 Å². The van der Waals surface area contributed by atoms with Gasteiger partial charge in [-0.25, -0.2) is 9.18 Å². The molecule has 4 aromatic rings. The Kier molecular flexibility index (Phi) is 5.12. The average molecular weight is 434 g/mol. The van der Waals surface area contributed by atoms with Gasteiger partial charge >= 0.3 is 6.03 Å². The van der Waals surface area contributed by atoms with Crippen molar-refractivity contribution in [2.75, 3.05) is 6.54 Å². The maximum Gasteiger partial charge on any atom is 0.318 e. The molecule has 1 aliphatic heterocycles. The number of hydrogen-bond donors (Lipinski definition) is 2. The van der Waals surface area contributed by atoms with Crippen LogP contribution in [0.15, 0.2) is 72.8 Å². The van der Waals surface area contributed by atoms with Crippen molar-refractivity contribution in [2.24, 2.45) is 0 Å². The molecule has 6 heteroatoms. The van der Waals surface area contributed by atoms with Crippen molar-refractivity contribution < 1.29 is 9.18 Å². The number of halogens is 2. The third kappa shape index (κ3) is 3.77. The van der Waals surface area contributed by atoms with Gasteiger partial charge in [-0.05, 0) is 53.4 Å². The Labute approximate surface area is 184 Å². The summed E-state index contributed by atoms with van der Waals surface area (Å²) in [5.41, 5.74) is 4.97. The molecule has 1 aliphatic rings. The summed E-state index contributed by atoms with van der Waals surface area (Å²) in [6, 6.07) is 21.4. The van der Waals surface area contributed by atoms with Gasteiger partial charge in [0.05, 0.1) is 6.04 Å². The van der Waals surface area contributed by atoms with Crippen LogP contribution in [-0.2, 0) is 13.0 Å². The molecule has 5 rings (SSSR count). The zero-order valence-electron chi connectivity index (χ0n) is 16.7. The number of aromatic nitrogens is 1. The molecule has 31 heavy (non-hydrogen) atoms. The molecule has 1 atom stereocenters. The summed E-state index contributed by atoms with van der Waals surface area (Å²) in [6.07, 6.45) is 0.714. The maximum absolute atomic E-state index is 13.6. The van der Waals surface area contributed by atoms with Crippen LogP contribution in [0.2, 0.25) is 5.02 Å². The highest BCUT2D eigenvalue weighted by Gasteiger charge is 2.34. The van der Waals surface area contributed by atoms with Crippen molar-refractivity contribution in [3.63, 3.8) is 0 Å². The summed E-state index contributed by atoms with van der Waals surface area (Å²) in [5, 5.41) is 4.78. The Morgan fingerprint density at radius 1 is 1.10 bits per heavy atom. The van der Waals surface area contributed by atoms with Crippen LogP contribution in [0.1, 0.15) is 28.4 Å². The number of rotatable bonds is 3. The summed E-state index contributed by atoms with van der Waals surface area (Å²) < 4.78 is 13.6. The number of nitrogens with one attached hydrogen (secondary N) is 2. The second kappa shape index (κ2) is 8.08. The number of carbonyl (C=O) groups excluding carboxylic acids is 1. The van der Waals surface area contributed by atoms with Crippen LogP contribution in [0.25, 0.3) is 10.9 Å². The lowest BCUT2D eigenvalue weighted by atomic mass is 9.92. The van der Waals surface area contributed by atoms with Crippen molar-refractivity contribution >= 4 is 28.5 Å². The second-order valence-electron chi connectivity index (χ2n) is 7.75. The Balaban J connectivity index is 1.52. The van der Waals surface area contributed by atoms with E-state index in [1.807, 2.05) is 53.4 Å². The molecule has 0 saturated carbocycles. The van der Waals surface area contributed by atoms with Gasteiger partial charge in [-0.1, -0.05) is 54.1 Å². The van der Waals surface area contributed by atoms with Crippen LogP contribution in [-0.4, -0.2) is 22.5 Å². The third-order valence-electron chi connectivity index (χ3n) is 5.82. The van der Waals surface area contributed by atoms with E-state index in [2.05, 4.69) is 10.3 Å². The van der Waals surface area contributed by atoms with Gasteiger partial charge in [0.15, 0.2) is 0 Å². The van der Waals surface area contributed by atoms with Gasteiger partial charge in [0.25, 0.3) is 0 Å². The van der Waals surface area contributed by atoms with Crippen LogP contribution in [0.4, 0.5) is 9.18 Å². The number of nitrogens with zero attached hydrogens (tertiary/aromatic N) is 1. The van der Waals surface area contributed by atoms with Crippen LogP contribution < -0.4 is 5.32 Å². The van der Waals surface area contributed by atoms with Gasteiger partial charge in [-0.15, -0.1) is 0 Å². The number of amides is 2. The molecule has 0 aliphatic carbocycles. The number of benzene rings is 3. The van der Waals surface area contributed by atoms with E-state index in [9.17, 15) is 9.18 Å². The lowest BCUT2D eigenvalue weighted by Gasteiger charge is -2.36. The fraction of sp³-hybridized carbons (Fsp3) is 0.160. The standard InChI is InChI=1S/C25H21ClFN3O/c26-18-8-11-22-21(14-18)20-12-13-30(25(31)28-15-16-4-2-1-3-5-16)24(23(20)29-22)17-6-9-19(27)10-7-17/h1-11,14,24,29H,12-13,15H2,(H,28,31)/t24-/m0/s1. The fourth-order valence-corrected chi connectivity index (χ4v) is 4.52. The quantitative estimate of drug-likeness (QED) is 0.420. The van der Waals surface area contributed by atoms with Gasteiger partial charge in [0.2, 0.25) is 0 Å². The smallest absolute Gasteiger partial charge is 0.318 e. The van der Waals surface area contributed by atoms with E-state index in [1.165, 1.54) is 12.1 Å². The molecule has 2 amide bonds. The number of aromatic amines is 1. The number of H-pyrrole nitrogens is 1. The van der Waals surface area contributed by atoms with E-state index >= 15 is 0 Å². The predicted octanol–water partition coefficient (Wildman–Crippen LogP) is 5.82. The highest BCUT2D eigenvalue weighted by atomic mass is 35.5. The van der Waals surface area contributed by atoms with Crippen LogP contribution >= 0.6 is 11.6 Å². The zero-order valence-corrected chi connectivity index (χ0v) is 17.5. The van der Waals surface area contributed by atoms with E-state index in [0.29, 0.717) is 24.5 Å². The fourth-order valence-electron chi connectivity index (χ4n) is 4.35. The summed E-state index contributed by atoms with van der Waals surface area (Å²) in [6.45, 7) is 0.997. The molecule has 1 aromatic heterocycles. The van der Waals surface area contributed by atoms with Crippen molar-refractivity contribution in [3.8, 4) is 0 Å². The number of fused-ring (bicyclic) bond motifs is 3. The van der Waals surface area contributed by atoms with Crippen LogP contribution in [0.3, 0.4) is 0 Å². The first kappa shape index (κ1) is 19.6. The normalized spacial score (nSPS) is 15.7. The average Bonchev–Trinajstić information content (AvgIpc) is 3.16. The molecule has 0 unspecified atom stereocenters. The van der Waals surface area contributed by atoms with Gasteiger partial charge < -0.3 is 15.2 Å². The van der Waals surface area contributed by atoms with E-state index in [4.69, 9.17) is 11.6 Å². The Hall–Kier alpha value is -3.31. The summed E-state index contributed by atoms with van der Waals surface area (Å²) in [5.74, 6) is -0.303. The molecule has 3 aromatic carbocycles. The van der Waals surface area contributed by atoms with Gasteiger partial charge in [-0.3, -0.25) is 0 Å². The molecule has 4 nitrogen and oxygen atoms in total. The molecule has 0 fully saturated rings. The van der Waals surface area contributed by atoms with Crippen LogP contribution in [0.5, 0.6) is 0 Å². The second-order valence-corrected chi connectivity index (χ2v) is 8.19. The van der Waals surface area contributed by atoms with Crippen molar-refractivity contribution in [2.45, 2.75) is 19.0 Å². The Bertz CT molecular complexity index is 1240. The molecular weight excluding hydrogens is 413 g/mol. The highest BCUT2D eigenvalue weighted by Crippen LogP contribution is 2.39. The maximum atomic E-state index is 13.6. The van der Waals surface area contributed by atoms with E-state index in [1.54, 1.807) is 12.1 Å².